The molecule has 106 valence electrons. The van der Waals surface area contributed by atoms with Gasteiger partial charge < -0.3 is 15.2 Å². The van der Waals surface area contributed by atoms with E-state index in [9.17, 15) is 8.78 Å². The highest BCUT2D eigenvalue weighted by Gasteiger charge is 2.34. The molecule has 0 radical (unpaired) electrons. The van der Waals surface area contributed by atoms with Crippen LogP contribution in [0.25, 0.3) is 11.3 Å². The molecular formula is C14H15F2N3O. The molecule has 2 heterocycles. The first-order valence-corrected chi connectivity index (χ1v) is 6.48. The number of hydrogen-bond acceptors (Lipinski definition) is 4. The van der Waals surface area contributed by atoms with Crippen LogP contribution < -0.4 is 10.6 Å². The quantitative estimate of drug-likeness (QED) is 0.858. The largest absolute Gasteiger partial charge is 0.399 e. The molecule has 1 aliphatic heterocycles. The minimum atomic E-state index is -2.56. The van der Waals surface area contributed by atoms with E-state index in [0.717, 1.165) is 11.3 Å². The molecule has 4 nitrogen and oxygen atoms in total. The zero-order valence-corrected chi connectivity index (χ0v) is 10.9. The van der Waals surface area contributed by atoms with Crippen LogP contribution in [0, 0.1) is 0 Å². The van der Waals surface area contributed by atoms with Gasteiger partial charge in [0, 0.05) is 48.9 Å². The van der Waals surface area contributed by atoms with Crippen molar-refractivity contribution < 1.29 is 13.3 Å². The highest BCUT2D eigenvalue weighted by molar-refractivity contribution is 5.79. The molecular weight excluding hydrogens is 264 g/mol. The first-order chi connectivity index (χ1) is 9.55. The maximum Gasteiger partial charge on any atom is 0.251 e. The smallest absolute Gasteiger partial charge is 0.251 e. The Morgan fingerprint density at radius 1 is 1.20 bits per heavy atom. The van der Waals surface area contributed by atoms with Gasteiger partial charge in [-0.15, -0.1) is 0 Å². The summed E-state index contributed by atoms with van der Waals surface area (Å²) >= 11 is 0. The minimum Gasteiger partial charge on any atom is -0.399 e. The lowest BCUT2D eigenvalue weighted by Gasteiger charge is -2.34. The molecule has 1 saturated heterocycles. The number of alkyl halides is 2. The number of aromatic nitrogens is 1. The van der Waals surface area contributed by atoms with Crippen LogP contribution in [-0.2, 0) is 0 Å². The molecule has 0 amide bonds. The van der Waals surface area contributed by atoms with Crippen molar-refractivity contribution in [2.24, 2.45) is 0 Å². The SMILES string of the molecule is Nc1ccc(-c2ccon2)c(N2CCC(F)(F)CC2)c1. The Kier molecular flexibility index (Phi) is 3.08. The summed E-state index contributed by atoms with van der Waals surface area (Å²) in [7, 11) is 0. The van der Waals surface area contributed by atoms with Crippen LogP contribution in [0.1, 0.15) is 12.8 Å². The van der Waals surface area contributed by atoms with Gasteiger partial charge in [0.05, 0.1) is 0 Å². The van der Waals surface area contributed by atoms with Gasteiger partial charge >= 0.3 is 0 Å². The Morgan fingerprint density at radius 3 is 2.60 bits per heavy atom. The van der Waals surface area contributed by atoms with E-state index < -0.39 is 5.92 Å². The average molecular weight is 279 g/mol. The van der Waals surface area contributed by atoms with Crippen LogP contribution in [-0.4, -0.2) is 24.2 Å². The Hall–Kier alpha value is -2.11. The second-order valence-corrected chi connectivity index (χ2v) is 5.00. The zero-order valence-electron chi connectivity index (χ0n) is 10.9. The summed E-state index contributed by atoms with van der Waals surface area (Å²) in [6.07, 6.45) is 1.21. The number of benzene rings is 1. The van der Waals surface area contributed by atoms with Gasteiger partial charge in [0.2, 0.25) is 0 Å². The molecule has 6 heteroatoms. The number of nitrogens with zero attached hydrogens (tertiary/aromatic N) is 2. The lowest BCUT2D eigenvalue weighted by molar-refractivity contribution is -0.0220. The maximum atomic E-state index is 13.3. The molecule has 1 aromatic heterocycles. The molecule has 1 fully saturated rings. The van der Waals surface area contributed by atoms with Crippen LogP contribution in [0.2, 0.25) is 0 Å². The van der Waals surface area contributed by atoms with Crippen molar-refractivity contribution in [2.75, 3.05) is 23.7 Å². The second kappa shape index (κ2) is 4.77. The van der Waals surface area contributed by atoms with Gasteiger partial charge in [0.25, 0.3) is 5.92 Å². The average Bonchev–Trinajstić information content (AvgIpc) is 2.92. The zero-order chi connectivity index (χ0) is 14.2. The fourth-order valence-corrected chi connectivity index (χ4v) is 2.45. The molecule has 20 heavy (non-hydrogen) atoms. The molecule has 0 saturated carbocycles. The van der Waals surface area contributed by atoms with Gasteiger partial charge in [-0.2, -0.15) is 0 Å². The van der Waals surface area contributed by atoms with Gasteiger partial charge in [-0.25, -0.2) is 8.78 Å². The first kappa shape index (κ1) is 12.9. The van der Waals surface area contributed by atoms with Crippen LogP contribution in [0.5, 0.6) is 0 Å². The summed E-state index contributed by atoms with van der Waals surface area (Å²) < 4.78 is 31.4. The minimum absolute atomic E-state index is 0.139. The van der Waals surface area contributed by atoms with Gasteiger partial charge in [0.1, 0.15) is 12.0 Å². The van der Waals surface area contributed by atoms with Crippen molar-refractivity contribution in [3.63, 3.8) is 0 Å². The van der Waals surface area contributed by atoms with Gasteiger partial charge in [0.15, 0.2) is 0 Å². The van der Waals surface area contributed by atoms with Gasteiger partial charge in [-0.05, 0) is 18.2 Å². The highest BCUT2D eigenvalue weighted by atomic mass is 19.3. The molecule has 0 atom stereocenters. The Balaban J connectivity index is 1.95. The van der Waals surface area contributed by atoms with Crippen LogP contribution in [0.3, 0.4) is 0 Å². The lowest BCUT2D eigenvalue weighted by Crippen LogP contribution is -2.39. The summed E-state index contributed by atoms with van der Waals surface area (Å²) in [5.74, 6) is -2.56. The molecule has 3 rings (SSSR count). The standard InChI is InChI=1S/C14H15F2N3O/c15-14(16)4-6-19(7-5-14)13-9-10(17)1-2-11(13)12-3-8-20-18-12/h1-3,8-9H,4-7,17H2. The second-order valence-electron chi connectivity index (χ2n) is 5.00. The lowest BCUT2D eigenvalue weighted by atomic mass is 10.0. The predicted octanol–water partition coefficient (Wildman–Crippen LogP) is 3.16. The Labute approximate surface area is 115 Å². The van der Waals surface area contributed by atoms with Crippen molar-refractivity contribution in [1.29, 1.82) is 0 Å². The van der Waals surface area contributed by atoms with E-state index in [2.05, 4.69) is 5.16 Å². The number of piperidine rings is 1. The predicted molar refractivity (Wildman–Crippen MR) is 72.7 cm³/mol. The third-order valence-electron chi connectivity index (χ3n) is 3.57. The third kappa shape index (κ3) is 2.45. The summed E-state index contributed by atoms with van der Waals surface area (Å²) in [4.78, 5) is 1.93. The monoisotopic (exact) mass is 279 g/mol. The summed E-state index contributed by atoms with van der Waals surface area (Å²) in [5, 5.41) is 3.91. The number of rotatable bonds is 2. The van der Waals surface area contributed by atoms with E-state index in [1.807, 2.05) is 11.0 Å². The van der Waals surface area contributed by atoms with Crippen molar-refractivity contribution in [2.45, 2.75) is 18.8 Å². The number of anilines is 2. The van der Waals surface area contributed by atoms with Crippen molar-refractivity contribution in [1.82, 2.24) is 5.16 Å². The molecule has 2 N–H and O–H groups in total. The fraction of sp³-hybridized carbons (Fsp3) is 0.357. The van der Waals surface area contributed by atoms with Crippen LogP contribution in [0.15, 0.2) is 35.1 Å². The van der Waals surface area contributed by atoms with Gasteiger partial charge in [-0.1, -0.05) is 5.16 Å². The van der Waals surface area contributed by atoms with Crippen molar-refractivity contribution in [3.05, 3.63) is 30.5 Å². The molecule has 1 aliphatic rings. The van der Waals surface area contributed by atoms with E-state index in [0.29, 0.717) is 24.5 Å². The molecule has 0 unspecified atom stereocenters. The molecule has 0 bridgehead atoms. The van der Waals surface area contributed by atoms with E-state index in [1.165, 1.54) is 6.26 Å². The molecule has 0 spiro atoms. The van der Waals surface area contributed by atoms with Crippen molar-refractivity contribution in [3.8, 4) is 11.3 Å². The van der Waals surface area contributed by atoms with Crippen LogP contribution in [0.4, 0.5) is 20.2 Å². The number of nitrogen functional groups attached to an aromatic ring is 1. The van der Waals surface area contributed by atoms with Crippen LogP contribution >= 0.6 is 0 Å². The first-order valence-electron chi connectivity index (χ1n) is 6.48. The van der Waals surface area contributed by atoms with E-state index in [-0.39, 0.29) is 12.8 Å². The maximum absolute atomic E-state index is 13.3. The summed E-state index contributed by atoms with van der Waals surface area (Å²) in [6.45, 7) is 0.614. The third-order valence-corrected chi connectivity index (χ3v) is 3.57. The normalized spacial score (nSPS) is 18.2. The molecule has 1 aromatic carbocycles. The number of nitrogens with two attached hydrogens (primary N) is 1. The van der Waals surface area contributed by atoms with E-state index in [4.69, 9.17) is 10.3 Å². The molecule has 0 aliphatic carbocycles. The van der Waals surface area contributed by atoms with Crippen molar-refractivity contribution >= 4 is 11.4 Å². The Bertz CT molecular complexity index is 588. The highest BCUT2D eigenvalue weighted by Crippen LogP contribution is 2.36. The number of hydrogen-bond donors (Lipinski definition) is 1. The van der Waals surface area contributed by atoms with E-state index in [1.54, 1.807) is 18.2 Å². The van der Waals surface area contributed by atoms with Gasteiger partial charge in [-0.3, -0.25) is 0 Å². The Morgan fingerprint density at radius 2 is 1.95 bits per heavy atom. The summed E-state index contributed by atoms with van der Waals surface area (Å²) in [6, 6.07) is 7.16. The molecule has 2 aromatic rings. The number of halogens is 2. The topological polar surface area (TPSA) is 55.3 Å². The van der Waals surface area contributed by atoms with E-state index >= 15 is 0 Å². The summed E-state index contributed by atoms with van der Waals surface area (Å²) in [5.41, 5.74) is 8.78. The fourth-order valence-electron chi connectivity index (χ4n) is 2.45.